The number of amides is 2. The van der Waals surface area contributed by atoms with Crippen molar-refractivity contribution in [2.24, 2.45) is 0 Å². The van der Waals surface area contributed by atoms with Crippen molar-refractivity contribution in [2.45, 2.75) is 412 Å². The molecule has 0 heterocycles. The highest BCUT2D eigenvalue weighted by Gasteiger charge is 2.16. The number of carbonyl (C=O) groups excluding carboxylic acids is 2. The van der Waals surface area contributed by atoms with Crippen molar-refractivity contribution in [2.75, 3.05) is 19.7 Å². The Kier molecular flexibility index (Phi) is 61.3. The summed E-state index contributed by atoms with van der Waals surface area (Å²) in [5, 5.41) is 6.33. The van der Waals surface area contributed by atoms with Crippen LogP contribution < -0.4 is 15.4 Å². The highest BCUT2D eigenvalue weighted by Crippen LogP contribution is 2.23. The third-order valence-electron chi connectivity index (χ3n) is 17.6. The predicted molar refractivity (Wildman–Crippen MR) is 355 cm³/mol. The third-order valence-corrected chi connectivity index (χ3v) is 17.6. The van der Waals surface area contributed by atoms with E-state index in [4.69, 9.17) is 4.74 Å². The van der Waals surface area contributed by atoms with Crippen LogP contribution in [0.3, 0.4) is 0 Å². The quantitative estimate of drug-likeness (QED) is 0.0639. The van der Waals surface area contributed by atoms with Crippen LogP contribution in [0, 0.1) is 0 Å². The highest BCUT2D eigenvalue weighted by atomic mass is 16.5. The van der Waals surface area contributed by atoms with E-state index in [1.807, 2.05) is 0 Å². The van der Waals surface area contributed by atoms with Gasteiger partial charge < -0.3 is 15.4 Å². The maximum Gasteiger partial charge on any atom is 0.255 e. The first-order chi connectivity index (χ1) is 39.6. The van der Waals surface area contributed by atoms with E-state index < -0.39 is 0 Å². The second kappa shape index (κ2) is 64.5. The molecule has 0 aliphatic carbocycles. The topological polar surface area (TPSA) is 67.4 Å². The minimum absolute atomic E-state index is 0.0740. The molecule has 0 aliphatic rings. The van der Waals surface area contributed by atoms with E-state index >= 15 is 0 Å². The molecule has 470 valence electrons. The van der Waals surface area contributed by atoms with Crippen LogP contribution in [-0.2, 0) is 0 Å². The second-order valence-electron chi connectivity index (χ2n) is 25.6. The largest absolute Gasteiger partial charge is 0.493 e. The van der Waals surface area contributed by atoms with Crippen molar-refractivity contribution >= 4 is 11.8 Å². The van der Waals surface area contributed by atoms with Gasteiger partial charge in [-0.25, -0.2) is 0 Å². The number of hydrogen-bond donors (Lipinski definition) is 2. The number of unbranched alkanes of at least 4 members (excludes halogenated alkanes) is 58. The Morgan fingerprint density at radius 1 is 0.275 bits per heavy atom. The molecule has 2 amide bonds. The molecular formula is C75H142N2O3. The smallest absolute Gasteiger partial charge is 0.255 e. The van der Waals surface area contributed by atoms with E-state index in [9.17, 15) is 9.59 Å². The molecule has 2 N–H and O–H groups in total. The standard InChI is InChI=1S/C75H142N2O3/c1-4-7-10-13-16-19-21-23-25-27-29-31-33-35-37-39-41-43-45-47-49-51-53-56-59-62-67-76-74(78)71-65-66-72(73(70-71)80-69-64-61-58-55-18-15-12-9-6-3)75(79)77-68-63-60-57-54-52-50-48-46-44-42-40-38-36-34-32-30-28-26-24-22-20-17-14-11-8-5-2/h65-66,70H,4-64,67-69H2,1-3H3,(H,76,78)(H,77,79). The third kappa shape index (κ3) is 53.9. The van der Waals surface area contributed by atoms with E-state index in [0.717, 1.165) is 38.5 Å². The number of benzene rings is 1. The van der Waals surface area contributed by atoms with Gasteiger partial charge in [0.2, 0.25) is 0 Å². The molecule has 1 aromatic carbocycles. The number of nitrogens with one attached hydrogen (secondary N) is 2. The number of hydrogen-bond acceptors (Lipinski definition) is 3. The fourth-order valence-electron chi connectivity index (χ4n) is 12.0. The molecule has 0 saturated carbocycles. The molecule has 5 heteroatoms. The van der Waals surface area contributed by atoms with Crippen LogP contribution in [0.2, 0.25) is 0 Å². The Labute approximate surface area is 501 Å². The first-order valence-corrected chi connectivity index (χ1v) is 37.0. The molecule has 0 aromatic heterocycles. The van der Waals surface area contributed by atoms with Gasteiger partial charge in [-0.05, 0) is 37.5 Å². The van der Waals surface area contributed by atoms with Crippen LogP contribution in [0.25, 0.3) is 0 Å². The van der Waals surface area contributed by atoms with Gasteiger partial charge in [0.25, 0.3) is 11.8 Å². The molecule has 5 nitrogen and oxygen atoms in total. The number of ether oxygens (including phenoxy) is 1. The summed E-state index contributed by atoms with van der Waals surface area (Å²) >= 11 is 0. The SMILES string of the molecule is CCCCCCCCCCCCCCCCCCCCCCCCCCCCNC(=O)c1ccc(C(=O)NCCCCCCCCCCCCCCCCCCCCCCCCCCCC)c(OCCCCCCCCCCC)c1. The van der Waals surface area contributed by atoms with Crippen LogP contribution in [-0.4, -0.2) is 31.5 Å². The van der Waals surface area contributed by atoms with Crippen LogP contribution >= 0.6 is 0 Å². The van der Waals surface area contributed by atoms with Crippen molar-refractivity contribution < 1.29 is 14.3 Å². The second-order valence-corrected chi connectivity index (χ2v) is 25.6. The van der Waals surface area contributed by atoms with Gasteiger partial charge >= 0.3 is 0 Å². The first kappa shape index (κ1) is 76.0. The highest BCUT2D eigenvalue weighted by molar-refractivity contribution is 6.00. The lowest BCUT2D eigenvalue weighted by molar-refractivity contribution is 0.0937. The van der Waals surface area contributed by atoms with E-state index in [0.29, 0.717) is 36.6 Å². The molecule has 0 spiro atoms. The molecule has 0 unspecified atom stereocenters. The molecule has 1 rings (SSSR count). The number of rotatable bonds is 67. The fraction of sp³-hybridized carbons (Fsp3) is 0.893. The summed E-state index contributed by atoms with van der Waals surface area (Å²) in [6.07, 6.45) is 83.7. The Hall–Kier alpha value is -2.04. The summed E-state index contributed by atoms with van der Waals surface area (Å²) < 4.78 is 6.29. The normalized spacial score (nSPS) is 11.5. The summed E-state index contributed by atoms with van der Waals surface area (Å²) in [4.78, 5) is 26.8. The average Bonchev–Trinajstić information content (AvgIpc) is 3.47. The molecule has 0 saturated heterocycles. The van der Waals surface area contributed by atoms with Gasteiger partial charge in [0, 0.05) is 18.7 Å². The van der Waals surface area contributed by atoms with E-state index in [2.05, 4.69) is 31.4 Å². The minimum Gasteiger partial charge on any atom is -0.493 e. The van der Waals surface area contributed by atoms with Crippen molar-refractivity contribution in [3.63, 3.8) is 0 Å². The Morgan fingerprint density at radius 3 is 0.738 bits per heavy atom. The van der Waals surface area contributed by atoms with Crippen molar-refractivity contribution in [3.05, 3.63) is 29.3 Å². The Balaban J connectivity index is 2.16. The lowest BCUT2D eigenvalue weighted by Crippen LogP contribution is -2.26. The molecule has 0 aliphatic heterocycles. The summed E-state index contributed by atoms with van der Waals surface area (Å²) in [6.45, 7) is 8.82. The zero-order valence-electron chi connectivity index (χ0n) is 54.7. The predicted octanol–water partition coefficient (Wildman–Crippen LogP) is 25.4. The Bertz CT molecular complexity index is 1400. The van der Waals surface area contributed by atoms with Gasteiger partial charge in [-0.3, -0.25) is 9.59 Å². The van der Waals surface area contributed by atoms with E-state index in [-0.39, 0.29) is 11.8 Å². The molecule has 0 radical (unpaired) electrons. The van der Waals surface area contributed by atoms with Crippen molar-refractivity contribution in [1.29, 1.82) is 0 Å². The zero-order valence-corrected chi connectivity index (χ0v) is 54.7. The van der Waals surface area contributed by atoms with Gasteiger partial charge in [0.1, 0.15) is 5.75 Å². The lowest BCUT2D eigenvalue weighted by atomic mass is 10.0. The van der Waals surface area contributed by atoms with E-state index in [1.54, 1.807) is 18.2 Å². The van der Waals surface area contributed by atoms with Crippen molar-refractivity contribution in [3.8, 4) is 5.75 Å². The summed E-state index contributed by atoms with van der Waals surface area (Å²) in [7, 11) is 0. The average molecular weight is 1120 g/mol. The minimum atomic E-state index is -0.0933. The maximum absolute atomic E-state index is 13.5. The van der Waals surface area contributed by atoms with Gasteiger partial charge in [-0.2, -0.15) is 0 Å². The van der Waals surface area contributed by atoms with Crippen LogP contribution in [0.4, 0.5) is 0 Å². The molecule has 0 atom stereocenters. The molecule has 0 bridgehead atoms. The van der Waals surface area contributed by atoms with Crippen LogP contribution in [0.5, 0.6) is 5.75 Å². The Morgan fingerprint density at radius 2 is 0.487 bits per heavy atom. The van der Waals surface area contributed by atoms with Gasteiger partial charge in [0.05, 0.1) is 12.2 Å². The first-order valence-electron chi connectivity index (χ1n) is 37.0. The van der Waals surface area contributed by atoms with Gasteiger partial charge in [-0.1, -0.05) is 393 Å². The van der Waals surface area contributed by atoms with Gasteiger partial charge in [0.15, 0.2) is 0 Å². The molecule has 0 fully saturated rings. The molecule has 1 aromatic rings. The fourth-order valence-corrected chi connectivity index (χ4v) is 12.0. The zero-order chi connectivity index (χ0) is 57.4. The molecular weight excluding hydrogens is 977 g/mol. The van der Waals surface area contributed by atoms with Crippen LogP contribution in [0.1, 0.15) is 433 Å². The summed E-state index contributed by atoms with van der Waals surface area (Å²) in [5.41, 5.74) is 1.12. The summed E-state index contributed by atoms with van der Waals surface area (Å²) in [6, 6.07) is 5.41. The van der Waals surface area contributed by atoms with E-state index in [1.165, 1.54) is 353 Å². The molecule has 80 heavy (non-hydrogen) atoms. The lowest BCUT2D eigenvalue weighted by Gasteiger charge is -2.14. The summed E-state index contributed by atoms with van der Waals surface area (Å²) in [5.74, 6) is 0.374. The maximum atomic E-state index is 13.5. The van der Waals surface area contributed by atoms with Crippen molar-refractivity contribution in [1.82, 2.24) is 10.6 Å². The number of carbonyl (C=O) groups is 2. The monoisotopic (exact) mass is 1120 g/mol. The van der Waals surface area contributed by atoms with Gasteiger partial charge in [-0.15, -0.1) is 0 Å². The van der Waals surface area contributed by atoms with Crippen LogP contribution in [0.15, 0.2) is 18.2 Å².